The highest BCUT2D eigenvalue weighted by molar-refractivity contribution is 7.14. The van der Waals surface area contributed by atoms with Crippen molar-refractivity contribution in [3.05, 3.63) is 34.7 Å². The van der Waals surface area contributed by atoms with Crippen LogP contribution in [-0.4, -0.2) is 4.98 Å². The molecule has 0 fully saturated rings. The lowest BCUT2D eigenvalue weighted by molar-refractivity contribution is 0.590. The molecule has 104 valence electrons. The van der Waals surface area contributed by atoms with Gasteiger partial charge in [-0.1, -0.05) is 26.8 Å². The van der Waals surface area contributed by atoms with Crippen LogP contribution in [0.2, 0.25) is 0 Å². The molecule has 2 heterocycles. The van der Waals surface area contributed by atoms with Crippen molar-refractivity contribution in [2.75, 3.05) is 5.73 Å². The fourth-order valence-electron chi connectivity index (χ4n) is 2.11. The van der Waals surface area contributed by atoms with E-state index in [9.17, 15) is 0 Å². The van der Waals surface area contributed by atoms with Crippen LogP contribution in [0.1, 0.15) is 31.9 Å². The smallest absolute Gasteiger partial charge is 0.239 e. The van der Waals surface area contributed by atoms with Gasteiger partial charge in [-0.2, -0.15) is 0 Å². The fraction of sp³-hybridized carbons (Fsp3) is 0.312. The maximum absolute atomic E-state index is 6.07. The molecule has 2 aromatic heterocycles. The number of hydrogen-bond acceptors (Lipinski definition) is 4. The van der Waals surface area contributed by atoms with E-state index in [0.29, 0.717) is 5.89 Å². The van der Waals surface area contributed by atoms with Crippen molar-refractivity contribution < 1.29 is 4.42 Å². The molecule has 0 amide bonds. The first-order chi connectivity index (χ1) is 9.36. The second-order valence-electron chi connectivity index (χ2n) is 6.11. The Bertz CT molecular complexity index is 777. The van der Waals surface area contributed by atoms with E-state index in [4.69, 9.17) is 10.2 Å². The van der Waals surface area contributed by atoms with Gasteiger partial charge in [-0.15, -0.1) is 11.3 Å². The summed E-state index contributed by atoms with van der Waals surface area (Å²) in [7, 11) is 0. The monoisotopic (exact) mass is 286 g/mol. The molecule has 0 unspecified atom stereocenters. The summed E-state index contributed by atoms with van der Waals surface area (Å²) in [5.74, 6) is 0.613. The minimum Gasteiger partial charge on any atom is -0.435 e. The minimum atomic E-state index is 0.103. The van der Waals surface area contributed by atoms with E-state index >= 15 is 0 Å². The third kappa shape index (κ3) is 2.10. The predicted molar refractivity (Wildman–Crippen MR) is 85.2 cm³/mol. The van der Waals surface area contributed by atoms with Gasteiger partial charge in [0.05, 0.1) is 5.69 Å². The molecule has 1 aromatic carbocycles. The molecule has 0 bridgehead atoms. The first kappa shape index (κ1) is 13.2. The Hall–Kier alpha value is -1.81. The number of benzene rings is 1. The lowest BCUT2D eigenvalue weighted by atomic mass is 9.87. The Kier molecular flexibility index (Phi) is 2.87. The molecule has 0 atom stereocenters. The highest BCUT2D eigenvalue weighted by Crippen LogP contribution is 2.36. The van der Waals surface area contributed by atoms with E-state index < -0.39 is 0 Å². The standard InChI is InChI=1S/C16H18N2OS/c1-9-8-20-14(13(9)17)15-18-11-7-10(16(2,3)4)5-6-12(11)19-15/h5-8H,17H2,1-4H3. The summed E-state index contributed by atoms with van der Waals surface area (Å²) >= 11 is 1.57. The Labute approximate surface area is 122 Å². The minimum absolute atomic E-state index is 0.103. The lowest BCUT2D eigenvalue weighted by Gasteiger charge is -2.18. The van der Waals surface area contributed by atoms with Crippen LogP contribution in [0.5, 0.6) is 0 Å². The van der Waals surface area contributed by atoms with E-state index in [2.05, 4.69) is 37.9 Å². The largest absolute Gasteiger partial charge is 0.435 e. The summed E-state index contributed by atoms with van der Waals surface area (Å²) in [5, 5.41) is 2.03. The third-order valence-electron chi connectivity index (χ3n) is 3.47. The van der Waals surface area contributed by atoms with Crippen molar-refractivity contribution in [2.24, 2.45) is 0 Å². The van der Waals surface area contributed by atoms with Crippen LogP contribution < -0.4 is 5.73 Å². The Balaban J connectivity index is 2.14. The fourth-order valence-corrected chi connectivity index (χ4v) is 3.01. The van der Waals surface area contributed by atoms with Crippen molar-refractivity contribution in [2.45, 2.75) is 33.1 Å². The molecule has 0 aliphatic carbocycles. The van der Waals surface area contributed by atoms with Crippen LogP contribution in [0, 0.1) is 6.92 Å². The number of aromatic nitrogens is 1. The van der Waals surface area contributed by atoms with Crippen molar-refractivity contribution in [1.82, 2.24) is 4.98 Å². The topological polar surface area (TPSA) is 52.0 Å². The summed E-state index contributed by atoms with van der Waals surface area (Å²) in [5.41, 5.74) is 10.9. The van der Waals surface area contributed by atoms with Crippen LogP contribution in [0.25, 0.3) is 21.9 Å². The highest BCUT2D eigenvalue weighted by Gasteiger charge is 2.18. The van der Waals surface area contributed by atoms with Gasteiger partial charge < -0.3 is 10.2 Å². The van der Waals surface area contributed by atoms with Crippen LogP contribution in [0.4, 0.5) is 5.69 Å². The van der Waals surface area contributed by atoms with Crippen molar-refractivity contribution in [3.63, 3.8) is 0 Å². The van der Waals surface area contributed by atoms with Gasteiger partial charge >= 0.3 is 0 Å². The van der Waals surface area contributed by atoms with Gasteiger partial charge in [0.2, 0.25) is 5.89 Å². The van der Waals surface area contributed by atoms with Gasteiger partial charge in [0.15, 0.2) is 5.58 Å². The molecule has 20 heavy (non-hydrogen) atoms. The maximum Gasteiger partial charge on any atom is 0.239 e. The van der Waals surface area contributed by atoms with Crippen LogP contribution in [0.15, 0.2) is 28.0 Å². The van der Waals surface area contributed by atoms with E-state index in [-0.39, 0.29) is 5.41 Å². The number of nitrogens with two attached hydrogens (primary N) is 1. The number of nitrogen functional groups attached to an aromatic ring is 1. The van der Waals surface area contributed by atoms with Crippen LogP contribution in [0.3, 0.4) is 0 Å². The molecule has 3 aromatic rings. The van der Waals surface area contributed by atoms with Gasteiger partial charge in [0, 0.05) is 0 Å². The van der Waals surface area contributed by atoms with E-state index in [1.165, 1.54) is 5.56 Å². The van der Waals surface area contributed by atoms with E-state index in [1.54, 1.807) is 11.3 Å². The number of rotatable bonds is 1. The number of nitrogens with zero attached hydrogens (tertiary/aromatic N) is 1. The first-order valence-corrected chi connectivity index (χ1v) is 7.49. The summed E-state index contributed by atoms with van der Waals surface area (Å²) in [6.07, 6.45) is 0. The summed E-state index contributed by atoms with van der Waals surface area (Å²) in [6, 6.07) is 6.18. The zero-order valence-electron chi connectivity index (χ0n) is 12.2. The molecule has 0 aliphatic rings. The number of oxazole rings is 1. The summed E-state index contributed by atoms with van der Waals surface area (Å²) in [4.78, 5) is 5.51. The van der Waals surface area contributed by atoms with Gasteiger partial charge in [-0.25, -0.2) is 4.98 Å². The number of anilines is 1. The Morgan fingerprint density at radius 3 is 2.60 bits per heavy atom. The van der Waals surface area contributed by atoms with Crippen molar-refractivity contribution in [3.8, 4) is 10.8 Å². The normalized spacial score (nSPS) is 12.2. The van der Waals surface area contributed by atoms with Crippen molar-refractivity contribution >= 4 is 28.1 Å². The zero-order valence-corrected chi connectivity index (χ0v) is 13.0. The average Bonchev–Trinajstić information content (AvgIpc) is 2.92. The molecular weight excluding hydrogens is 268 g/mol. The molecule has 0 spiro atoms. The quantitative estimate of drug-likeness (QED) is 0.702. The van der Waals surface area contributed by atoms with Gasteiger partial charge in [0.1, 0.15) is 10.4 Å². The Morgan fingerprint density at radius 2 is 2.00 bits per heavy atom. The molecule has 0 aliphatic heterocycles. The molecule has 2 N–H and O–H groups in total. The number of aryl methyl sites for hydroxylation is 1. The molecular formula is C16H18N2OS. The molecule has 3 nitrogen and oxygen atoms in total. The van der Waals surface area contributed by atoms with Gasteiger partial charge in [0.25, 0.3) is 0 Å². The molecule has 4 heteroatoms. The van der Waals surface area contributed by atoms with Crippen LogP contribution >= 0.6 is 11.3 Å². The first-order valence-electron chi connectivity index (χ1n) is 6.61. The summed E-state index contributed by atoms with van der Waals surface area (Å²) in [6.45, 7) is 8.57. The van der Waals surface area contributed by atoms with E-state index in [1.807, 2.05) is 18.4 Å². The molecule has 0 saturated carbocycles. The average molecular weight is 286 g/mol. The number of thiophene rings is 1. The second-order valence-corrected chi connectivity index (χ2v) is 6.99. The lowest BCUT2D eigenvalue weighted by Crippen LogP contribution is -2.10. The number of fused-ring (bicyclic) bond motifs is 1. The second kappa shape index (κ2) is 4.35. The third-order valence-corrected chi connectivity index (χ3v) is 4.57. The Morgan fingerprint density at radius 1 is 1.25 bits per heavy atom. The predicted octanol–water partition coefficient (Wildman–Crippen LogP) is 4.74. The summed E-state index contributed by atoms with van der Waals surface area (Å²) < 4.78 is 5.84. The van der Waals surface area contributed by atoms with Gasteiger partial charge in [-0.05, 0) is 41.0 Å². The van der Waals surface area contributed by atoms with Crippen LogP contribution in [-0.2, 0) is 5.41 Å². The molecule has 0 saturated heterocycles. The SMILES string of the molecule is Cc1csc(-c2nc3cc(C(C)(C)C)ccc3o2)c1N. The zero-order chi connectivity index (χ0) is 14.5. The maximum atomic E-state index is 6.07. The van der Waals surface area contributed by atoms with E-state index in [0.717, 1.165) is 27.2 Å². The molecule has 0 radical (unpaired) electrons. The molecule has 3 rings (SSSR count). The highest BCUT2D eigenvalue weighted by atomic mass is 32.1. The number of hydrogen-bond donors (Lipinski definition) is 1. The van der Waals surface area contributed by atoms with Gasteiger partial charge in [-0.3, -0.25) is 0 Å². The van der Waals surface area contributed by atoms with Crippen molar-refractivity contribution in [1.29, 1.82) is 0 Å².